The molecule has 2 N–H and O–H groups in total. The van der Waals surface area contributed by atoms with Crippen LogP contribution in [0.2, 0.25) is 0 Å². The molecule has 2 aromatic rings. The van der Waals surface area contributed by atoms with Gasteiger partial charge in [-0.25, -0.2) is 4.99 Å². The molecule has 0 bridgehead atoms. The number of aryl methyl sites for hydroxylation is 1. The zero-order valence-corrected chi connectivity index (χ0v) is 15.2. The number of benzene rings is 1. The van der Waals surface area contributed by atoms with E-state index in [1.807, 2.05) is 49.0 Å². The minimum Gasteiger partial charge on any atom is -0.493 e. The van der Waals surface area contributed by atoms with Crippen molar-refractivity contribution in [1.29, 1.82) is 0 Å². The third-order valence-corrected chi connectivity index (χ3v) is 3.52. The standard InChI is InChI=1S/C18H27N5O2/c1-4-19-18(20-14-16-9-10-21-23(16)2)22-15-7-5-8-17(13-15)25-12-6-11-24-3/h5,7-10,13H,4,6,11-12,14H2,1-3H3,(H2,19,20,22). The summed E-state index contributed by atoms with van der Waals surface area (Å²) in [6, 6.07) is 9.81. The fraction of sp³-hybridized carbons (Fsp3) is 0.444. The summed E-state index contributed by atoms with van der Waals surface area (Å²) in [6.07, 6.45) is 2.64. The second-order valence-corrected chi connectivity index (χ2v) is 5.49. The lowest BCUT2D eigenvalue weighted by Gasteiger charge is -2.13. The van der Waals surface area contributed by atoms with E-state index in [4.69, 9.17) is 9.47 Å². The van der Waals surface area contributed by atoms with Crippen LogP contribution in [-0.2, 0) is 18.3 Å². The first-order chi connectivity index (χ1) is 12.2. The maximum atomic E-state index is 5.73. The topological polar surface area (TPSA) is 72.7 Å². The molecule has 136 valence electrons. The van der Waals surface area contributed by atoms with Crippen LogP contribution in [0.5, 0.6) is 5.75 Å². The van der Waals surface area contributed by atoms with E-state index in [2.05, 4.69) is 20.7 Å². The molecular formula is C18H27N5O2. The number of nitrogens with zero attached hydrogens (tertiary/aromatic N) is 3. The zero-order chi connectivity index (χ0) is 17.9. The molecule has 7 nitrogen and oxygen atoms in total. The number of aliphatic imine (C=N–C) groups is 1. The van der Waals surface area contributed by atoms with Crippen LogP contribution in [0.3, 0.4) is 0 Å². The maximum absolute atomic E-state index is 5.73. The van der Waals surface area contributed by atoms with Gasteiger partial charge in [-0.1, -0.05) is 6.07 Å². The van der Waals surface area contributed by atoms with Crippen LogP contribution in [-0.4, -0.2) is 42.6 Å². The van der Waals surface area contributed by atoms with Crippen LogP contribution in [0.25, 0.3) is 0 Å². The summed E-state index contributed by atoms with van der Waals surface area (Å²) in [6.45, 7) is 4.70. The Morgan fingerprint density at radius 1 is 1.28 bits per heavy atom. The van der Waals surface area contributed by atoms with Gasteiger partial charge in [0.25, 0.3) is 0 Å². The summed E-state index contributed by atoms with van der Waals surface area (Å²) in [4.78, 5) is 4.60. The molecular weight excluding hydrogens is 318 g/mol. The average molecular weight is 345 g/mol. The van der Waals surface area contributed by atoms with Gasteiger partial charge in [0, 0.05) is 51.7 Å². The van der Waals surface area contributed by atoms with E-state index in [0.29, 0.717) is 19.8 Å². The Labute approximate surface area is 149 Å². The third-order valence-electron chi connectivity index (χ3n) is 3.52. The van der Waals surface area contributed by atoms with E-state index in [9.17, 15) is 0 Å². The van der Waals surface area contributed by atoms with Gasteiger partial charge in [-0.15, -0.1) is 0 Å². The van der Waals surface area contributed by atoms with E-state index >= 15 is 0 Å². The molecule has 2 rings (SSSR count). The number of hydrogen-bond acceptors (Lipinski definition) is 4. The molecule has 0 unspecified atom stereocenters. The van der Waals surface area contributed by atoms with Crippen molar-refractivity contribution in [3.63, 3.8) is 0 Å². The Bertz CT molecular complexity index is 669. The Balaban J connectivity index is 1.97. The monoisotopic (exact) mass is 345 g/mol. The summed E-state index contributed by atoms with van der Waals surface area (Å²) in [5, 5.41) is 10.7. The van der Waals surface area contributed by atoms with Gasteiger partial charge >= 0.3 is 0 Å². The highest BCUT2D eigenvalue weighted by molar-refractivity contribution is 5.93. The van der Waals surface area contributed by atoms with Crippen LogP contribution < -0.4 is 15.4 Å². The predicted molar refractivity (Wildman–Crippen MR) is 100 cm³/mol. The van der Waals surface area contributed by atoms with Crippen molar-refractivity contribution in [3.05, 3.63) is 42.2 Å². The first-order valence-electron chi connectivity index (χ1n) is 8.47. The molecule has 1 aromatic carbocycles. The normalized spacial score (nSPS) is 11.4. The summed E-state index contributed by atoms with van der Waals surface area (Å²) >= 11 is 0. The van der Waals surface area contributed by atoms with Crippen LogP contribution in [0.1, 0.15) is 19.0 Å². The van der Waals surface area contributed by atoms with Crippen molar-refractivity contribution in [2.75, 3.05) is 32.2 Å². The lowest BCUT2D eigenvalue weighted by molar-refractivity contribution is 0.172. The molecule has 1 heterocycles. The molecule has 0 radical (unpaired) electrons. The lowest BCUT2D eigenvalue weighted by Crippen LogP contribution is -2.30. The maximum Gasteiger partial charge on any atom is 0.196 e. The second kappa shape index (κ2) is 10.4. The van der Waals surface area contributed by atoms with Gasteiger partial charge in [-0.2, -0.15) is 5.10 Å². The Morgan fingerprint density at radius 3 is 2.88 bits per heavy atom. The minimum absolute atomic E-state index is 0.555. The van der Waals surface area contributed by atoms with Gasteiger partial charge in [-0.05, 0) is 25.1 Å². The van der Waals surface area contributed by atoms with Crippen LogP contribution in [0.15, 0.2) is 41.5 Å². The molecule has 1 aromatic heterocycles. The summed E-state index contributed by atoms with van der Waals surface area (Å²) in [7, 11) is 3.60. The van der Waals surface area contributed by atoms with Crippen molar-refractivity contribution in [3.8, 4) is 5.75 Å². The van der Waals surface area contributed by atoms with Crippen molar-refractivity contribution < 1.29 is 9.47 Å². The molecule has 0 spiro atoms. The first kappa shape index (κ1) is 18.8. The van der Waals surface area contributed by atoms with Crippen molar-refractivity contribution >= 4 is 11.6 Å². The highest BCUT2D eigenvalue weighted by Crippen LogP contribution is 2.17. The quantitative estimate of drug-likeness (QED) is 0.415. The van der Waals surface area contributed by atoms with Gasteiger partial charge < -0.3 is 20.1 Å². The summed E-state index contributed by atoms with van der Waals surface area (Å²) < 4.78 is 12.6. The molecule has 7 heteroatoms. The number of hydrogen-bond donors (Lipinski definition) is 2. The highest BCUT2D eigenvalue weighted by Gasteiger charge is 2.03. The van der Waals surface area contributed by atoms with E-state index < -0.39 is 0 Å². The van der Waals surface area contributed by atoms with E-state index in [0.717, 1.165) is 36.1 Å². The molecule has 25 heavy (non-hydrogen) atoms. The van der Waals surface area contributed by atoms with Gasteiger partial charge in [0.15, 0.2) is 5.96 Å². The molecule has 0 aliphatic heterocycles. The lowest BCUT2D eigenvalue weighted by atomic mass is 10.3. The van der Waals surface area contributed by atoms with E-state index in [-0.39, 0.29) is 0 Å². The number of ether oxygens (including phenoxy) is 2. The molecule has 0 amide bonds. The summed E-state index contributed by atoms with van der Waals surface area (Å²) in [5.41, 5.74) is 1.97. The molecule has 0 saturated heterocycles. The Morgan fingerprint density at radius 2 is 2.16 bits per heavy atom. The van der Waals surface area contributed by atoms with E-state index in [1.54, 1.807) is 13.3 Å². The number of methoxy groups -OCH3 is 1. The molecule has 0 fully saturated rings. The predicted octanol–water partition coefficient (Wildman–Crippen LogP) is 2.41. The van der Waals surface area contributed by atoms with Gasteiger partial charge in [0.05, 0.1) is 18.8 Å². The Kier molecular flexibility index (Phi) is 7.78. The minimum atomic E-state index is 0.555. The second-order valence-electron chi connectivity index (χ2n) is 5.49. The zero-order valence-electron chi connectivity index (χ0n) is 15.2. The van der Waals surface area contributed by atoms with Gasteiger partial charge in [0.1, 0.15) is 5.75 Å². The van der Waals surface area contributed by atoms with Gasteiger partial charge in [-0.3, -0.25) is 4.68 Å². The van der Waals surface area contributed by atoms with Crippen molar-refractivity contribution in [2.24, 2.45) is 12.0 Å². The number of nitrogens with one attached hydrogen (secondary N) is 2. The van der Waals surface area contributed by atoms with Crippen LogP contribution in [0.4, 0.5) is 5.69 Å². The number of anilines is 1. The largest absolute Gasteiger partial charge is 0.493 e. The molecule has 0 saturated carbocycles. The fourth-order valence-corrected chi connectivity index (χ4v) is 2.22. The molecule has 0 aliphatic rings. The molecule has 0 aliphatic carbocycles. The summed E-state index contributed by atoms with van der Waals surface area (Å²) in [5.74, 6) is 1.55. The highest BCUT2D eigenvalue weighted by atomic mass is 16.5. The molecule has 0 atom stereocenters. The SMILES string of the molecule is CCNC(=NCc1ccnn1C)Nc1cccc(OCCCOC)c1. The first-order valence-corrected chi connectivity index (χ1v) is 8.47. The number of aromatic nitrogens is 2. The van der Waals surface area contributed by atoms with Crippen LogP contribution in [0, 0.1) is 0 Å². The van der Waals surface area contributed by atoms with Crippen molar-refractivity contribution in [2.45, 2.75) is 19.9 Å². The van der Waals surface area contributed by atoms with Gasteiger partial charge in [0.2, 0.25) is 0 Å². The smallest absolute Gasteiger partial charge is 0.196 e. The van der Waals surface area contributed by atoms with Crippen molar-refractivity contribution in [1.82, 2.24) is 15.1 Å². The van der Waals surface area contributed by atoms with E-state index in [1.165, 1.54) is 0 Å². The Hall–Kier alpha value is -2.54. The average Bonchev–Trinajstić information content (AvgIpc) is 3.02. The third kappa shape index (κ3) is 6.46. The van der Waals surface area contributed by atoms with Crippen LogP contribution >= 0.6 is 0 Å². The number of rotatable bonds is 9. The number of guanidine groups is 1. The fourth-order valence-electron chi connectivity index (χ4n) is 2.22.